The maximum atomic E-state index is 12.0. The maximum Gasteiger partial charge on any atom is 0.263 e. The predicted molar refractivity (Wildman–Crippen MR) is 82.7 cm³/mol. The van der Waals surface area contributed by atoms with Gasteiger partial charge in [-0.2, -0.15) is 0 Å². The fraction of sp³-hybridized carbons (Fsp3) is 0.538. The molecular weight excluding hydrogens is 292 g/mol. The first-order valence-corrected chi connectivity index (χ1v) is 7.70. The van der Waals surface area contributed by atoms with E-state index in [0.717, 1.165) is 24.2 Å². The number of hydrogen-bond acceptors (Lipinski definition) is 6. The first-order chi connectivity index (χ1) is 9.95. The van der Waals surface area contributed by atoms with Gasteiger partial charge in [0, 0.05) is 19.6 Å². The Balaban J connectivity index is 2.42. The topological polar surface area (TPSA) is 122 Å². The molecule has 1 atom stereocenters. The van der Waals surface area contributed by atoms with Crippen molar-refractivity contribution in [3.05, 3.63) is 10.4 Å². The molecule has 8 heteroatoms. The van der Waals surface area contributed by atoms with Crippen molar-refractivity contribution in [2.75, 3.05) is 30.3 Å². The Morgan fingerprint density at radius 1 is 1.52 bits per heavy atom. The molecule has 1 aliphatic rings. The highest BCUT2D eigenvalue weighted by molar-refractivity contribution is 7.19. The Hall–Kier alpha value is -1.80. The molecule has 7 nitrogen and oxygen atoms in total. The molecule has 1 aliphatic heterocycles. The number of amides is 2. The number of anilines is 2. The molecule has 116 valence electrons. The first kappa shape index (κ1) is 15.6. The van der Waals surface area contributed by atoms with Crippen LogP contribution in [0.4, 0.5) is 10.7 Å². The summed E-state index contributed by atoms with van der Waals surface area (Å²) >= 11 is 1.15. The summed E-state index contributed by atoms with van der Waals surface area (Å²) in [4.78, 5) is 25.9. The third kappa shape index (κ3) is 3.11. The number of hydrogen-bond donors (Lipinski definition) is 4. The first-order valence-electron chi connectivity index (χ1n) is 6.89. The summed E-state index contributed by atoms with van der Waals surface area (Å²) in [6.45, 7) is 3.39. The lowest BCUT2D eigenvalue weighted by Gasteiger charge is -2.31. The van der Waals surface area contributed by atoms with E-state index in [1.165, 1.54) is 0 Å². The molecule has 21 heavy (non-hydrogen) atoms. The fourth-order valence-corrected chi connectivity index (χ4v) is 3.62. The Bertz CT molecular complexity index is 558. The zero-order chi connectivity index (χ0) is 15.6. The Morgan fingerprint density at radius 3 is 2.81 bits per heavy atom. The van der Waals surface area contributed by atoms with Crippen molar-refractivity contribution >= 4 is 33.8 Å². The number of nitrogen functional groups attached to an aromatic ring is 1. The van der Waals surface area contributed by atoms with E-state index in [4.69, 9.17) is 11.5 Å². The zero-order valence-corrected chi connectivity index (χ0v) is 12.7. The number of primary amides is 1. The molecule has 2 rings (SSSR count). The third-order valence-electron chi connectivity index (χ3n) is 3.40. The van der Waals surface area contributed by atoms with Gasteiger partial charge in [0.1, 0.15) is 9.88 Å². The van der Waals surface area contributed by atoms with Crippen molar-refractivity contribution in [2.24, 2.45) is 5.73 Å². The van der Waals surface area contributed by atoms with Crippen LogP contribution >= 0.6 is 11.3 Å². The molecule has 1 fully saturated rings. The second kappa shape index (κ2) is 6.31. The van der Waals surface area contributed by atoms with Crippen LogP contribution in [0.15, 0.2) is 0 Å². The lowest BCUT2D eigenvalue weighted by Crippen LogP contribution is -2.38. The summed E-state index contributed by atoms with van der Waals surface area (Å²) in [5.74, 6) is -0.972. The van der Waals surface area contributed by atoms with Crippen molar-refractivity contribution in [2.45, 2.75) is 25.9 Å². The molecule has 1 saturated heterocycles. The Morgan fingerprint density at radius 2 is 2.24 bits per heavy atom. The zero-order valence-electron chi connectivity index (χ0n) is 11.9. The van der Waals surface area contributed by atoms with Crippen LogP contribution in [0.3, 0.4) is 0 Å². The van der Waals surface area contributed by atoms with Gasteiger partial charge in [0.15, 0.2) is 0 Å². The molecule has 1 unspecified atom stereocenters. The molecule has 0 aromatic carbocycles. The average Bonchev–Trinajstić information content (AvgIpc) is 2.77. The molecule has 0 spiro atoms. The third-order valence-corrected chi connectivity index (χ3v) is 4.67. The molecule has 2 amide bonds. The second-order valence-corrected chi connectivity index (χ2v) is 5.99. The largest absolute Gasteiger partial charge is 0.397 e. The minimum absolute atomic E-state index is 0.119. The molecule has 2 heterocycles. The van der Waals surface area contributed by atoms with E-state index in [1.807, 2.05) is 4.90 Å². The molecule has 0 radical (unpaired) electrons. The molecule has 0 saturated carbocycles. The van der Waals surface area contributed by atoms with Crippen LogP contribution in [-0.2, 0) is 0 Å². The number of carbonyl (C=O) groups is 2. The summed E-state index contributed by atoms with van der Waals surface area (Å²) < 4.78 is 0. The molecule has 1 aromatic heterocycles. The van der Waals surface area contributed by atoms with Gasteiger partial charge in [-0.25, -0.2) is 0 Å². The highest BCUT2D eigenvalue weighted by atomic mass is 32.1. The number of β-amino-alcohol motifs (C(OH)–C–C–N with tert-alkyl or cyclic N) is 1. The fourth-order valence-electron chi connectivity index (χ4n) is 2.44. The second-order valence-electron chi connectivity index (χ2n) is 4.99. The number of piperidine rings is 1. The van der Waals surface area contributed by atoms with E-state index in [1.54, 1.807) is 6.92 Å². The van der Waals surface area contributed by atoms with Crippen molar-refractivity contribution in [1.82, 2.24) is 5.32 Å². The average molecular weight is 312 g/mol. The molecule has 6 N–H and O–H groups in total. The standard InChI is InChI=1S/C13H20N4O3S/c1-2-16-12(20)10-9(14)8(11(15)19)13(21-10)17-5-3-4-7(18)6-17/h7,18H,2-6,14H2,1H3,(H2,15,19)(H,16,20). The van der Waals surface area contributed by atoms with Gasteiger partial charge in [-0.05, 0) is 19.8 Å². The number of nitrogens with one attached hydrogen (secondary N) is 1. The van der Waals surface area contributed by atoms with E-state index < -0.39 is 12.0 Å². The van der Waals surface area contributed by atoms with Crippen LogP contribution in [0.1, 0.15) is 39.8 Å². The van der Waals surface area contributed by atoms with Gasteiger partial charge < -0.3 is 26.8 Å². The summed E-state index contributed by atoms with van der Waals surface area (Å²) in [5.41, 5.74) is 11.6. The van der Waals surface area contributed by atoms with Crippen LogP contribution in [0.25, 0.3) is 0 Å². The molecule has 1 aromatic rings. The summed E-state index contributed by atoms with van der Waals surface area (Å²) in [7, 11) is 0. The van der Waals surface area contributed by atoms with Crippen LogP contribution in [0.2, 0.25) is 0 Å². The summed E-state index contributed by atoms with van der Waals surface area (Å²) in [6.07, 6.45) is 1.09. The highest BCUT2D eigenvalue weighted by Crippen LogP contribution is 2.39. The van der Waals surface area contributed by atoms with E-state index in [9.17, 15) is 14.7 Å². The minimum atomic E-state index is -0.658. The number of nitrogens with two attached hydrogens (primary N) is 2. The lowest BCUT2D eigenvalue weighted by molar-refractivity contribution is 0.0960. The van der Waals surface area contributed by atoms with Gasteiger partial charge in [0.25, 0.3) is 11.8 Å². The van der Waals surface area contributed by atoms with Crippen molar-refractivity contribution in [3.8, 4) is 0 Å². The van der Waals surface area contributed by atoms with Crippen LogP contribution < -0.4 is 21.7 Å². The molecular formula is C13H20N4O3S. The van der Waals surface area contributed by atoms with Crippen molar-refractivity contribution < 1.29 is 14.7 Å². The highest BCUT2D eigenvalue weighted by Gasteiger charge is 2.29. The number of carbonyl (C=O) groups excluding carboxylic acids is 2. The molecule has 0 bridgehead atoms. The predicted octanol–water partition coefficient (Wildman–Crippen LogP) is 0.140. The van der Waals surface area contributed by atoms with Gasteiger partial charge >= 0.3 is 0 Å². The van der Waals surface area contributed by atoms with Crippen molar-refractivity contribution in [3.63, 3.8) is 0 Å². The minimum Gasteiger partial charge on any atom is -0.397 e. The van der Waals surface area contributed by atoms with E-state index in [2.05, 4.69) is 5.32 Å². The maximum absolute atomic E-state index is 12.0. The van der Waals surface area contributed by atoms with E-state index >= 15 is 0 Å². The van der Waals surface area contributed by atoms with Gasteiger partial charge in [0.2, 0.25) is 0 Å². The lowest BCUT2D eigenvalue weighted by atomic mass is 10.1. The van der Waals surface area contributed by atoms with Gasteiger partial charge in [0.05, 0.1) is 17.4 Å². The monoisotopic (exact) mass is 312 g/mol. The van der Waals surface area contributed by atoms with Crippen LogP contribution in [0.5, 0.6) is 0 Å². The number of aliphatic hydroxyl groups is 1. The normalized spacial score (nSPS) is 18.6. The van der Waals surface area contributed by atoms with Crippen LogP contribution in [0, 0.1) is 0 Å². The quantitative estimate of drug-likeness (QED) is 0.630. The SMILES string of the molecule is CCNC(=O)c1sc(N2CCCC(O)C2)c(C(N)=O)c1N. The molecule has 0 aliphatic carbocycles. The Labute approximate surface area is 126 Å². The smallest absolute Gasteiger partial charge is 0.263 e. The number of aliphatic hydroxyl groups excluding tert-OH is 1. The van der Waals surface area contributed by atoms with Gasteiger partial charge in [-0.3, -0.25) is 9.59 Å². The Kier molecular flexibility index (Phi) is 4.69. The number of rotatable bonds is 4. The summed E-state index contributed by atoms with van der Waals surface area (Å²) in [5, 5.41) is 13.0. The van der Waals surface area contributed by atoms with Crippen LogP contribution in [-0.4, -0.2) is 42.7 Å². The van der Waals surface area contributed by atoms with E-state index in [-0.39, 0.29) is 17.2 Å². The van der Waals surface area contributed by atoms with Gasteiger partial charge in [-0.15, -0.1) is 11.3 Å². The van der Waals surface area contributed by atoms with E-state index in [0.29, 0.717) is 29.5 Å². The number of nitrogens with zero attached hydrogens (tertiary/aromatic N) is 1. The summed E-state index contributed by atoms with van der Waals surface area (Å²) in [6, 6.07) is 0. The van der Waals surface area contributed by atoms with Gasteiger partial charge in [-0.1, -0.05) is 0 Å². The van der Waals surface area contributed by atoms with Crippen molar-refractivity contribution in [1.29, 1.82) is 0 Å². The number of thiophene rings is 1.